The molecule has 0 saturated carbocycles. The first kappa shape index (κ1) is 15.4. The molecule has 2 aromatic carbocycles. The number of hydrogen-bond acceptors (Lipinski definition) is 2. The molecule has 2 nitrogen and oxygen atoms in total. The van der Waals surface area contributed by atoms with Gasteiger partial charge >= 0.3 is 0 Å². The molecule has 2 rings (SSSR count). The third-order valence-corrected chi connectivity index (χ3v) is 4.13. The molecule has 106 valence electrons. The van der Waals surface area contributed by atoms with Crippen LogP contribution in [0.1, 0.15) is 24.1 Å². The molecular formula is C16H17BrClNO. The summed E-state index contributed by atoms with van der Waals surface area (Å²) in [6, 6.07) is 13.9. The Morgan fingerprint density at radius 2 is 1.95 bits per heavy atom. The highest BCUT2D eigenvalue weighted by molar-refractivity contribution is 9.10. The molecule has 0 heterocycles. The maximum atomic E-state index is 6.30. The summed E-state index contributed by atoms with van der Waals surface area (Å²) in [5.41, 5.74) is 2.19. The quantitative estimate of drug-likeness (QED) is 0.832. The van der Waals surface area contributed by atoms with E-state index in [1.807, 2.05) is 50.4 Å². The predicted molar refractivity (Wildman–Crippen MR) is 87.7 cm³/mol. The molecule has 0 aliphatic heterocycles. The molecule has 0 aliphatic carbocycles. The van der Waals surface area contributed by atoms with Crippen LogP contribution in [0.5, 0.6) is 5.75 Å². The van der Waals surface area contributed by atoms with Gasteiger partial charge in [-0.25, -0.2) is 0 Å². The van der Waals surface area contributed by atoms with Crippen LogP contribution in [0.25, 0.3) is 0 Å². The van der Waals surface area contributed by atoms with Gasteiger partial charge in [0.05, 0.1) is 12.6 Å². The Morgan fingerprint density at radius 3 is 2.55 bits per heavy atom. The fraction of sp³-hybridized carbons (Fsp3) is 0.250. The molecule has 1 unspecified atom stereocenters. The van der Waals surface area contributed by atoms with E-state index in [-0.39, 0.29) is 6.04 Å². The monoisotopic (exact) mass is 353 g/mol. The molecule has 0 saturated heterocycles. The van der Waals surface area contributed by atoms with E-state index in [9.17, 15) is 0 Å². The maximum absolute atomic E-state index is 6.30. The molecule has 0 spiro atoms. The number of hydrogen-bond donors (Lipinski definition) is 1. The van der Waals surface area contributed by atoms with Gasteiger partial charge in [-0.15, -0.1) is 0 Å². The molecular weight excluding hydrogens is 338 g/mol. The second-order valence-electron chi connectivity index (χ2n) is 4.36. The number of nitrogens with one attached hydrogen (secondary N) is 1. The van der Waals surface area contributed by atoms with Crippen molar-refractivity contribution in [3.63, 3.8) is 0 Å². The van der Waals surface area contributed by atoms with Gasteiger partial charge in [0.1, 0.15) is 5.75 Å². The molecule has 0 aliphatic rings. The van der Waals surface area contributed by atoms with Crippen LogP contribution in [0.3, 0.4) is 0 Å². The van der Waals surface area contributed by atoms with Gasteiger partial charge in [-0.3, -0.25) is 0 Å². The largest absolute Gasteiger partial charge is 0.494 e. The van der Waals surface area contributed by atoms with E-state index in [1.165, 1.54) is 0 Å². The molecule has 0 amide bonds. The van der Waals surface area contributed by atoms with Crippen molar-refractivity contribution in [2.24, 2.45) is 0 Å². The third-order valence-electron chi connectivity index (χ3n) is 3.10. The molecule has 0 aromatic heterocycles. The summed E-state index contributed by atoms with van der Waals surface area (Å²) in [6.07, 6.45) is 0. The second kappa shape index (κ2) is 7.11. The van der Waals surface area contributed by atoms with Crippen LogP contribution in [0.4, 0.5) is 0 Å². The fourth-order valence-electron chi connectivity index (χ4n) is 2.19. The van der Waals surface area contributed by atoms with E-state index in [0.717, 1.165) is 26.4 Å². The Bertz CT molecular complexity index is 588. The Morgan fingerprint density at radius 1 is 1.20 bits per heavy atom. The van der Waals surface area contributed by atoms with Crippen LogP contribution in [0.15, 0.2) is 46.9 Å². The molecule has 4 heteroatoms. The molecule has 20 heavy (non-hydrogen) atoms. The summed E-state index contributed by atoms with van der Waals surface area (Å²) in [4.78, 5) is 0. The van der Waals surface area contributed by atoms with Gasteiger partial charge in [0.15, 0.2) is 0 Å². The zero-order chi connectivity index (χ0) is 14.5. The van der Waals surface area contributed by atoms with Crippen molar-refractivity contribution in [3.8, 4) is 5.75 Å². The highest BCUT2D eigenvalue weighted by Gasteiger charge is 2.17. The van der Waals surface area contributed by atoms with Gasteiger partial charge in [-0.1, -0.05) is 51.8 Å². The molecule has 1 N–H and O–H groups in total. The van der Waals surface area contributed by atoms with Crippen molar-refractivity contribution in [3.05, 3.63) is 63.1 Å². The highest BCUT2D eigenvalue weighted by atomic mass is 79.9. The first-order valence-electron chi connectivity index (χ1n) is 6.51. The van der Waals surface area contributed by atoms with E-state index in [1.54, 1.807) is 0 Å². The van der Waals surface area contributed by atoms with E-state index >= 15 is 0 Å². The summed E-state index contributed by atoms with van der Waals surface area (Å²) in [5, 5.41) is 4.07. The summed E-state index contributed by atoms with van der Waals surface area (Å²) < 4.78 is 6.51. The standard InChI is InChI=1S/C16H17BrClNO/c1-3-20-11-8-9-12(14(17)10-11)16(19-2)13-6-4-5-7-15(13)18/h4-10,16,19H,3H2,1-2H3. The van der Waals surface area contributed by atoms with Gasteiger partial charge in [0.25, 0.3) is 0 Å². The molecule has 0 bridgehead atoms. The lowest BCUT2D eigenvalue weighted by Gasteiger charge is -2.20. The van der Waals surface area contributed by atoms with Crippen molar-refractivity contribution in [2.45, 2.75) is 13.0 Å². The minimum absolute atomic E-state index is 0.0359. The van der Waals surface area contributed by atoms with Crippen LogP contribution < -0.4 is 10.1 Å². The zero-order valence-electron chi connectivity index (χ0n) is 11.5. The Hall–Kier alpha value is -1.03. The average molecular weight is 355 g/mol. The van der Waals surface area contributed by atoms with E-state index in [4.69, 9.17) is 16.3 Å². The molecule has 1 atom stereocenters. The summed E-state index contributed by atoms with van der Waals surface area (Å²) in [6.45, 7) is 2.63. The number of rotatable bonds is 5. The van der Waals surface area contributed by atoms with Crippen molar-refractivity contribution in [1.82, 2.24) is 5.32 Å². The zero-order valence-corrected chi connectivity index (χ0v) is 13.8. The van der Waals surface area contributed by atoms with Crippen LogP contribution >= 0.6 is 27.5 Å². The first-order chi connectivity index (χ1) is 9.67. The van der Waals surface area contributed by atoms with Gasteiger partial charge in [-0.05, 0) is 43.3 Å². The van der Waals surface area contributed by atoms with E-state index in [2.05, 4.69) is 27.3 Å². The third kappa shape index (κ3) is 3.35. The lowest BCUT2D eigenvalue weighted by Crippen LogP contribution is -2.18. The SMILES string of the molecule is CCOc1ccc(C(NC)c2ccccc2Cl)c(Br)c1. The van der Waals surface area contributed by atoms with Gasteiger partial charge in [0, 0.05) is 9.50 Å². The molecule has 0 radical (unpaired) electrons. The van der Waals surface area contributed by atoms with Crippen molar-refractivity contribution in [2.75, 3.05) is 13.7 Å². The predicted octanol–water partition coefficient (Wildman–Crippen LogP) is 4.81. The van der Waals surface area contributed by atoms with Crippen molar-refractivity contribution in [1.29, 1.82) is 0 Å². The first-order valence-corrected chi connectivity index (χ1v) is 7.68. The summed E-state index contributed by atoms with van der Waals surface area (Å²) in [5.74, 6) is 0.858. The number of benzene rings is 2. The lowest BCUT2D eigenvalue weighted by atomic mass is 9.99. The van der Waals surface area contributed by atoms with Crippen LogP contribution in [0.2, 0.25) is 5.02 Å². The van der Waals surface area contributed by atoms with Gasteiger partial charge < -0.3 is 10.1 Å². The van der Waals surface area contributed by atoms with Crippen molar-refractivity contribution < 1.29 is 4.74 Å². The summed E-state index contributed by atoms with van der Waals surface area (Å²) in [7, 11) is 1.93. The topological polar surface area (TPSA) is 21.3 Å². The van der Waals surface area contributed by atoms with E-state index < -0.39 is 0 Å². The minimum atomic E-state index is 0.0359. The van der Waals surface area contributed by atoms with Crippen molar-refractivity contribution >= 4 is 27.5 Å². The average Bonchev–Trinajstić information content (AvgIpc) is 2.44. The molecule has 2 aromatic rings. The maximum Gasteiger partial charge on any atom is 0.120 e. The highest BCUT2D eigenvalue weighted by Crippen LogP contribution is 2.34. The van der Waals surface area contributed by atoms with Crippen LogP contribution in [-0.4, -0.2) is 13.7 Å². The fourth-order valence-corrected chi connectivity index (χ4v) is 3.02. The Labute approximate surface area is 133 Å². The second-order valence-corrected chi connectivity index (χ2v) is 5.62. The molecule has 0 fully saturated rings. The Kier molecular flexibility index (Phi) is 5.46. The van der Waals surface area contributed by atoms with E-state index in [0.29, 0.717) is 6.61 Å². The Balaban J connectivity index is 2.40. The van der Waals surface area contributed by atoms with Gasteiger partial charge in [0.2, 0.25) is 0 Å². The normalized spacial score (nSPS) is 12.2. The lowest BCUT2D eigenvalue weighted by molar-refractivity contribution is 0.340. The smallest absolute Gasteiger partial charge is 0.120 e. The number of halogens is 2. The number of ether oxygens (including phenoxy) is 1. The summed E-state index contributed by atoms with van der Waals surface area (Å²) >= 11 is 9.92. The van der Waals surface area contributed by atoms with Crippen LogP contribution in [-0.2, 0) is 0 Å². The minimum Gasteiger partial charge on any atom is -0.494 e. The van der Waals surface area contributed by atoms with Gasteiger partial charge in [-0.2, -0.15) is 0 Å². The van der Waals surface area contributed by atoms with Crippen LogP contribution in [0, 0.1) is 0 Å².